The van der Waals surface area contributed by atoms with Gasteiger partial charge in [0.05, 0.1) is 12.7 Å². The third-order valence-corrected chi connectivity index (χ3v) is 2.83. The normalized spacial score (nSPS) is 9.95. The van der Waals surface area contributed by atoms with Crippen LogP contribution in [0, 0.1) is 11.8 Å². The second-order valence-electron chi connectivity index (χ2n) is 4.28. The minimum absolute atomic E-state index is 0.221. The Bertz CT molecular complexity index is 857. The SMILES string of the molecule is COC(=O)c1cc2ncc(C#Cc3ccccc3)cn2n1. The van der Waals surface area contributed by atoms with Gasteiger partial charge >= 0.3 is 5.97 Å². The van der Waals surface area contributed by atoms with E-state index in [1.807, 2.05) is 30.3 Å². The van der Waals surface area contributed by atoms with Crippen LogP contribution in [0.1, 0.15) is 21.6 Å². The maximum Gasteiger partial charge on any atom is 0.358 e. The number of fused-ring (bicyclic) bond motifs is 1. The van der Waals surface area contributed by atoms with Crippen LogP contribution in [-0.4, -0.2) is 27.7 Å². The van der Waals surface area contributed by atoms with Gasteiger partial charge in [-0.15, -0.1) is 0 Å². The molecule has 0 saturated carbocycles. The van der Waals surface area contributed by atoms with Gasteiger partial charge in [0.25, 0.3) is 0 Å². The fourth-order valence-corrected chi connectivity index (χ4v) is 1.81. The topological polar surface area (TPSA) is 56.5 Å². The second-order valence-corrected chi connectivity index (χ2v) is 4.28. The second kappa shape index (κ2) is 5.47. The van der Waals surface area contributed by atoms with Crippen molar-refractivity contribution >= 4 is 11.6 Å². The zero-order chi connectivity index (χ0) is 14.7. The van der Waals surface area contributed by atoms with Gasteiger partial charge in [-0.2, -0.15) is 5.10 Å². The summed E-state index contributed by atoms with van der Waals surface area (Å²) in [5.41, 5.74) is 2.43. The first kappa shape index (κ1) is 12.9. The Labute approximate surface area is 121 Å². The number of nitrogens with zero attached hydrogens (tertiary/aromatic N) is 3. The van der Waals surface area contributed by atoms with Crippen LogP contribution < -0.4 is 0 Å². The lowest BCUT2D eigenvalue weighted by molar-refractivity contribution is 0.0593. The Balaban J connectivity index is 1.95. The highest BCUT2D eigenvalue weighted by Crippen LogP contribution is 2.06. The number of methoxy groups -OCH3 is 1. The highest BCUT2D eigenvalue weighted by molar-refractivity contribution is 5.88. The molecular weight excluding hydrogens is 266 g/mol. The number of hydrogen-bond donors (Lipinski definition) is 0. The van der Waals surface area contributed by atoms with Gasteiger partial charge in [-0.1, -0.05) is 30.0 Å². The third kappa shape index (κ3) is 2.74. The first-order valence-corrected chi connectivity index (χ1v) is 6.27. The lowest BCUT2D eigenvalue weighted by Crippen LogP contribution is -2.02. The molecule has 3 rings (SSSR count). The summed E-state index contributed by atoms with van der Waals surface area (Å²) in [6.45, 7) is 0. The molecule has 102 valence electrons. The monoisotopic (exact) mass is 277 g/mol. The van der Waals surface area contributed by atoms with E-state index in [1.54, 1.807) is 18.5 Å². The summed E-state index contributed by atoms with van der Waals surface area (Å²) in [7, 11) is 1.32. The number of rotatable bonds is 1. The molecule has 0 aliphatic heterocycles. The Kier molecular flexibility index (Phi) is 3.36. The Morgan fingerprint density at radius 2 is 1.95 bits per heavy atom. The predicted molar refractivity (Wildman–Crippen MR) is 76.7 cm³/mol. The van der Waals surface area contributed by atoms with E-state index in [0.717, 1.165) is 5.56 Å². The Morgan fingerprint density at radius 1 is 1.19 bits per heavy atom. The molecule has 0 bridgehead atoms. The van der Waals surface area contributed by atoms with Crippen LogP contribution in [0.15, 0.2) is 48.8 Å². The maximum absolute atomic E-state index is 11.4. The maximum atomic E-state index is 11.4. The van der Waals surface area contributed by atoms with Crippen molar-refractivity contribution in [2.75, 3.05) is 7.11 Å². The number of hydrogen-bond acceptors (Lipinski definition) is 4. The Morgan fingerprint density at radius 3 is 2.71 bits per heavy atom. The summed E-state index contributed by atoms with van der Waals surface area (Å²) in [6.07, 6.45) is 3.37. The van der Waals surface area contributed by atoms with Crippen LogP contribution in [-0.2, 0) is 4.74 Å². The van der Waals surface area contributed by atoms with Crippen molar-refractivity contribution in [3.05, 3.63) is 65.6 Å². The number of carbonyl (C=O) groups excluding carboxylic acids is 1. The molecule has 0 aliphatic rings. The van der Waals surface area contributed by atoms with Crippen molar-refractivity contribution in [1.29, 1.82) is 0 Å². The molecular formula is C16H11N3O2. The van der Waals surface area contributed by atoms with Crippen LogP contribution in [0.25, 0.3) is 5.65 Å². The van der Waals surface area contributed by atoms with Gasteiger partial charge in [0.2, 0.25) is 0 Å². The average molecular weight is 277 g/mol. The minimum Gasteiger partial charge on any atom is -0.464 e. The van der Waals surface area contributed by atoms with E-state index in [1.165, 1.54) is 11.6 Å². The van der Waals surface area contributed by atoms with Crippen LogP contribution in [0.3, 0.4) is 0 Å². The fraction of sp³-hybridized carbons (Fsp3) is 0.0625. The van der Waals surface area contributed by atoms with Crippen molar-refractivity contribution in [2.24, 2.45) is 0 Å². The molecule has 3 aromatic rings. The fourth-order valence-electron chi connectivity index (χ4n) is 1.81. The van der Waals surface area contributed by atoms with E-state index in [2.05, 4.69) is 26.7 Å². The molecule has 5 heteroatoms. The highest BCUT2D eigenvalue weighted by Gasteiger charge is 2.11. The van der Waals surface area contributed by atoms with Gasteiger partial charge < -0.3 is 4.74 Å². The van der Waals surface area contributed by atoms with Crippen molar-refractivity contribution < 1.29 is 9.53 Å². The average Bonchev–Trinajstić information content (AvgIpc) is 2.96. The largest absolute Gasteiger partial charge is 0.464 e. The molecule has 5 nitrogen and oxygen atoms in total. The molecule has 1 aromatic carbocycles. The summed E-state index contributed by atoms with van der Waals surface area (Å²) in [6, 6.07) is 11.2. The lowest BCUT2D eigenvalue weighted by atomic mass is 10.2. The van der Waals surface area contributed by atoms with Gasteiger partial charge in [0.1, 0.15) is 0 Å². The van der Waals surface area contributed by atoms with Gasteiger partial charge in [0, 0.05) is 24.0 Å². The first-order chi connectivity index (χ1) is 10.3. The van der Waals surface area contributed by atoms with Crippen LogP contribution in [0.5, 0.6) is 0 Å². The number of esters is 1. The van der Waals surface area contributed by atoms with Crippen LogP contribution in [0.4, 0.5) is 0 Å². The molecule has 0 atom stereocenters. The van der Waals surface area contributed by atoms with Gasteiger partial charge in [-0.05, 0) is 12.1 Å². The molecule has 0 spiro atoms. The molecule has 2 aromatic heterocycles. The number of benzene rings is 1. The van der Waals surface area contributed by atoms with Gasteiger partial charge in [-0.25, -0.2) is 14.3 Å². The molecule has 0 unspecified atom stereocenters. The molecule has 0 saturated heterocycles. The van der Waals surface area contributed by atoms with E-state index in [9.17, 15) is 4.79 Å². The standard InChI is InChI=1S/C16H11N3O2/c1-21-16(20)14-9-15-17-10-13(11-19(15)18-14)8-7-12-5-3-2-4-6-12/h2-6,9-11H,1H3. The number of aromatic nitrogens is 3. The zero-order valence-electron chi connectivity index (χ0n) is 11.3. The summed E-state index contributed by atoms with van der Waals surface area (Å²) in [5.74, 6) is 5.57. The number of carbonyl (C=O) groups is 1. The zero-order valence-corrected chi connectivity index (χ0v) is 11.3. The summed E-state index contributed by atoms with van der Waals surface area (Å²) in [4.78, 5) is 15.6. The molecule has 21 heavy (non-hydrogen) atoms. The van der Waals surface area contributed by atoms with Gasteiger partial charge in [-0.3, -0.25) is 0 Å². The highest BCUT2D eigenvalue weighted by atomic mass is 16.5. The van der Waals surface area contributed by atoms with E-state index >= 15 is 0 Å². The minimum atomic E-state index is -0.489. The van der Waals surface area contributed by atoms with Crippen molar-refractivity contribution in [2.45, 2.75) is 0 Å². The third-order valence-electron chi connectivity index (χ3n) is 2.83. The smallest absolute Gasteiger partial charge is 0.358 e. The van der Waals surface area contributed by atoms with Crippen LogP contribution >= 0.6 is 0 Å². The van der Waals surface area contributed by atoms with Crippen molar-refractivity contribution in [3.8, 4) is 11.8 Å². The first-order valence-electron chi connectivity index (χ1n) is 6.27. The molecule has 0 radical (unpaired) electrons. The van der Waals surface area contributed by atoms with Crippen molar-refractivity contribution in [1.82, 2.24) is 14.6 Å². The quantitative estimate of drug-likeness (QED) is 0.503. The number of ether oxygens (including phenoxy) is 1. The summed E-state index contributed by atoms with van der Waals surface area (Å²) < 4.78 is 6.15. The summed E-state index contributed by atoms with van der Waals surface area (Å²) in [5, 5.41) is 4.11. The van der Waals surface area contributed by atoms with E-state index < -0.39 is 5.97 Å². The molecule has 0 N–H and O–H groups in total. The molecule has 0 amide bonds. The van der Waals surface area contributed by atoms with Crippen LogP contribution in [0.2, 0.25) is 0 Å². The predicted octanol–water partition coefficient (Wildman–Crippen LogP) is 1.92. The van der Waals surface area contributed by atoms with E-state index in [4.69, 9.17) is 0 Å². The van der Waals surface area contributed by atoms with E-state index in [-0.39, 0.29) is 5.69 Å². The summed E-state index contributed by atoms with van der Waals surface area (Å²) >= 11 is 0. The molecule has 2 heterocycles. The Hall–Kier alpha value is -3.13. The molecule has 0 aliphatic carbocycles. The molecule has 0 fully saturated rings. The van der Waals surface area contributed by atoms with Crippen molar-refractivity contribution in [3.63, 3.8) is 0 Å². The lowest BCUT2D eigenvalue weighted by Gasteiger charge is -1.93. The van der Waals surface area contributed by atoms with Gasteiger partial charge in [0.15, 0.2) is 11.3 Å². The van der Waals surface area contributed by atoms with E-state index in [0.29, 0.717) is 11.2 Å².